The van der Waals surface area contributed by atoms with Crippen LogP contribution in [0.1, 0.15) is 36.1 Å². The quantitative estimate of drug-likeness (QED) is 0.624. The van der Waals surface area contributed by atoms with Crippen molar-refractivity contribution in [1.29, 1.82) is 0 Å². The molecule has 5 nitrogen and oxygen atoms in total. The molecule has 1 atom stereocenters. The molecule has 25 heavy (non-hydrogen) atoms. The third kappa shape index (κ3) is 2.27. The first kappa shape index (κ1) is 15.8. The lowest BCUT2D eigenvalue weighted by Gasteiger charge is -2.14. The molecule has 5 heteroatoms. The van der Waals surface area contributed by atoms with Crippen LogP contribution in [0.25, 0.3) is 22.3 Å². The summed E-state index contributed by atoms with van der Waals surface area (Å²) in [6.07, 6.45) is -0.0675. The molecule has 3 aromatic rings. The largest absolute Gasteiger partial charge is 0.496 e. The molecule has 0 aliphatic carbocycles. The number of fused-ring (bicyclic) bond motifs is 4. The zero-order chi connectivity index (χ0) is 17.7. The molecule has 4 rings (SSSR count). The summed E-state index contributed by atoms with van der Waals surface area (Å²) in [6, 6.07) is 9.72. The molecule has 0 spiro atoms. The molecule has 2 aromatic heterocycles. The van der Waals surface area contributed by atoms with Crippen LogP contribution in [0.5, 0.6) is 5.75 Å². The molecular weight excluding hydrogens is 316 g/mol. The molecule has 1 aliphatic rings. The monoisotopic (exact) mass is 336 g/mol. The first-order chi connectivity index (χ1) is 12.0. The van der Waals surface area contributed by atoms with Crippen molar-refractivity contribution >= 4 is 10.9 Å². The van der Waals surface area contributed by atoms with Gasteiger partial charge >= 0.3 is 0 Å². The summed E-state index contributed by atoms with van der Waals surface area (Å²) in [5.74, 6) is 0.773. The summed E-state index contributed by atoms with van der Waals surface area (Å²) in [4.78, 5) is 17.6. The Bertz CT molecular complexity index is 1050. The average molecular weight is 336 g/mol. The fourth-order valence-corrected chi connectivity index (χ4v) is 3.59. The Kier molecular flexibility index (Phi) is 3.62. The molecule has 1 aliphatic heterocycles. The molecule has 1 N–H and O–H groups in total. The van der Waals surface area contributed by atoms with Gasteiger partial charge in [-0.2, -0.15) is 0 Å². The highest BCUT2D eigenvalue weighted by molar-refractivity contribution is 5.89. The zero-order valence-corrected chi connectivity index (χ0v) is 14.5. The molecule has 1 unspecified atom stereocenters. The lowest BCUT2D eigenvalue weighted by atomic mass is 10.0. The highest BCUT2D eigenvalue weighted by atomic mass is 16.5. The minimum Gasteiger partial charge on any atom is -0.496 e. The number of hydrogen-bond donors (Lipinski definition) is 1. The first-order valence-corrected chi connectivity index (χ1v) is 8.44. The van der Waals surface area contributed by atoms with E-state index < -0.39 is 6.10 Å². The smallest absolute Gasteiger partial charge is 0.254 e. The summed E-state index contributed by atoms with van der Waals surface area (Å²) >= 11 is 0. The number of rotatable bonds is 3. The lowest BCUT2D eigenvalue weighted by Crippen LogP contribution is -2.23. The Morgan fingerprint density at radius 3 is 2.88 bits per heavy atom. The fraction of sp³-hybridized carbons (Fsp3) is 0.300. The molecule has 3 heterocycles. The van der Waals surface area contributed by atoms with Gasteiger partial charge in [-0.1, -0.05) is 13.0 Å². The number of benzene rings is 1. The van der Waals surface area contributed by atoms with Crippen molar-refractivity contribution < 1.29 is 9.84 Å². The van der Waals surface area contributed by atoms with Gasteiger partial charge in [0.1, 0.15) is 5.75 Å². The van der Waals surface area contributed by atoms with Crippen molar-refractivity contribution in [2.45, 2.75) is 32.9 Å². The summed E-state index contributed by atoms with van der Waals surface area (Å²) in [5, 5.41) is 11.2. The van der Waals surface area contributed by atoms with E-state index in [1.165, 1.54) is 0 Å². The highest BCUT2D eigenvalue weighted by Crippen LogP contribution is 2.36. The van der Waals surface area contributed by atoms with Gasteiger partial charge in [0.05, 0.1) is 36.7 Å². The first-order valence-electron chi connectivity index (χ1n) is 8.44. The van der Waals surface area contributed by atoms with Crippen LogP contribution in [0.3, 0.4) is 0 Å². The van der Waals surface area contributed by atoms with Crippen molar-refractivity contribution in [3.05, 3.63) is 57.4 Å². The van der Waals surface area contributed by atoms with Crippen molar-refractivity contribution in [3.63, 3.8) is 0 Å². The number of ether oxygens (including phenoxy) is 1. The minimum absolute atomic E-state index is 0.0611. The summed E-state index contributed by atoms with van der Waals surface area (Å²) < 4.78 is 7.17. The molecule has 0 bridgehead atoms. The summed E-state index contributed by atoms with van der Waals surface area (Å²) in [5.41, 5.74) is 4.65. The van der Waals surface area contributed by atoms with E-state index in [-0.39, 0.29) is 5.56 Å². The lowest BCUT2D eigenvalue weighted by molar-refractivity contribution is 0.172. The number of hydrogen-bond acceptors (Lipinski definition) is 4. The van der Waals surface area contributed by atoms with Gasteiger partial charge in [0.25, 0.3) is 5.56 Å². The highest BCUT2D eigenvalue weighted by Gasteiger charge is 2.25. The number of methoxy groups -OCH3 is 1. The maximum atomic E-state index is 12.8. The van der Waals surface area contributed by atoms with E-state index in [1.54, 1.807) is 18.6 Å². The Hall–Kier alpha value is -2.66. The number of aromatic nitrogens is 2. The summed E-state index contributed by atoms with van der Waals surface area (Å²) in [7, 11) is 1.64. The van der Waals surface area contributed by atoms with Gasteiger partial charge in [0, 0.05) is 16.5 Å². The Labute approximate surface area is 145 Å². The number of nitrogens with zero attached hydrogens (tertiary/aromatic N) is 2. The Balaban J connectivity index is 1.99. The second-order valence-electron chi connectivity index (χ2n) is 6.45. The van der Waals surface area contributed by atoms with Crippen LogP contribution in [0.15, 0.2) is 35.1 Å². The van der Waals surface area contributed by atoms with E-state index in [4.69, 9.17) is 9.72 Å². The molecule has 0 saturated heterocycles. The van der Waals surface area contributed by atoms with E-state index in [0.717, 1.165) is 33.6 Å². The Morgan fingerprint density at radius 1 is 1.36 bits per heavy atom. The van der Waals surface area contributed by atoms with Crippen LogP contribution in [-0.4, -0.2) is 21.8 Å². The topological polar surface area (TPSA) is 64.4 Å². The molecule has 0 fully saturated rings. The number of aliphatic hydroxyl groups is 1. The molecule has 0 radical (unpaired) electrons. The number of aliphatic hydroxyl groups excluding tert-OH is 1. The SMILES string of the molecule is CCC(O)c1cc2n(c(=O)c1C)Cc1cc3c(OC)cccc3nc1-2. The van der Waals surface area contributed by atoms with Crippen molar-refractivity contribution in [3.8, 4) is 17.1 Å². The second kappa shape index (κ2) is 5.70. The van der Waals surface area contributed by atoms with Crippen molar-refractivity contribution in [2.24, 2.45) is 0 Å². The standard InChI is InChI=1S/C20H20N2O3/c1-4-17(23)13-9-16-19-12(10-22(16)20(24)11(13)2)8-14-15(21-19)6-5-7-18(14)25-3/h5-9,17,23H,4,10H2,1-3H3. The predicted octanol–water partition coefficient (Wildman–Crippen LogP) is 3.19. The van der Waals surface area contributed by atoms with Gasteiger partial charge in [-0.25, -0.2) is 4.98 Å². The van der Waals surface area contributed by atoms with Crippen molar-refractivity contribution in [2.75, 3.05) is 7.11 Å². The zero-order valence-electron chi connectivity index (χ0n) is 14.5. The molecule has 0 saturated carbocycles. The average Bonchev–Trinajstić information content (AvgIpc) is 2.99. The van der Waals surface area contributed by atoms with Crippen LogP contribution in [0.4, 0.5) is 0 Å². The minimum atomic E-state index is -0.636. The van der Waals surface area contributed by atoms with Crippen LogP contribution < -0.4 is 10.3 Å². The summed E-state index contributed by atoms with van der Waals surface area (Å²) in [6.45, 7) is 4.18. The molecule has 1 aromatic carbocycles. The van der Waals surface area contributed by atoms with Crippen LogP contribution >= 0.6 is 0 Å². The number of pyridine rings is 2. The van der Waals surface area contributed by atoms with Gasteiger partial charge in [-0.05, 0) is 43.2 Å². The fourth-order valence-electron chi connectivity index (χ4n) is 3.59. The third-order valence-corrected chi connectivity index (χ3v) is 5.02. The molecule has 128 valence electrons. The molecule has 0 amide bonds. The van der Waals surface area contributed by atoms with E-state index in [1.807, 2.05) is 37.3 Å². The maximum absolute atomic E-state index is 12.8. The van der Waals surface area contributed by atoms with Crippen LogP contribution in [0, 0.1) is 6.92 Å². The normalized spacial score (nSPS) is 13.6. The van der Waals surface area contributed by atoms with Crippen LogP contribution in [-0.2, 0) is 6.54 Å². The van der Waals surface area contributed by atoms with Gasteiger partial charge < -0.3 is 14.4 Å². The maximum Gasteiger partial charge on any atom is 0.254 e. The second-order valence-corrected chi connectivity index (χ2v) is 6.45. The van der Waals surface area contributed by atoms with Crippen molar-refractivity contribution in [1.82, 2.24) is 9.55 Å². The van der Waals surface area contributed by atoms with Gasteiger partial charge in [-0.15, -0.1) is 0 Å². The molecular formula is C20H20N2O3. The van der Waals surface area contributed by atoms with Gasteiger partial charge in [0.2, 0.25) is 0 Å². The van der Waals surface area contributed by atoms with E-state index in [9.17, 15) is 9.90 Å². The predicted molar refractivity (Wildman–Crippen MR) is 97.1 cm³/mol. The van der Waals surface area contributed by atoms with Gasteiger partial charge in [0.15, 0.2) is 0 Å². The van der Waals surface area contributed by atoms with E-state index in [0.29, 0.717) is 24.1 Å². The van der Waals surface area contributed by atoms with Crippen LogP contribution in [0.2, 0.25) is 0 Å². The third-order valence-electron chi connectivity index (χ3n) is 5.02. The van der Waals surface area contributed by atoms with Gasteiger partial charge in [-0.3, -0.25) is 4.79 Å². The van der Waals surface area contributed by atoms with E-state index in [2.05, 4.69) is 0 Å². The van der Waals surface area contributed by atoms with E-state index >= 15 is 0 Å². The Morgan fingerprint density at radius 2 is 2.16 bits per heavy atom.